The molecule has 0 aliphatic rings. The van der Waals surface area contributed by atoms with Crippen LogP contribution in [0.4, 0.5) is 22.0 Å². The molecule has 4 nitrogen and oxygen atoms in total. The van der Waals surface area contributed by atoms with Crippen LogP contribution in [0.1, 0.15) is 10.5 Å². The normalized spacial score (nSPS) is 13.1. The van der Waals surface area contributed by atoms with Gasteiger partial charge in [0, 0.05) is 6.54 Å². The maximum Gasteiger partial charge on any atom is 0.461 e. The number of hydrogen-bond acceptors (Lipinski definition) is 3. The second-order valence-corrected chi connectivity index (χ2v) is 4.68. The second kappa shape index (κ2) is 5.65. The zero-order valence-corrected chi connectivity index (χ0v) is 11.3. The third-order valence-electron chi connectivity index (χ3n) is 2.41. The molecular weight excluding hydrogens is 309 g/mol. The highest BCUT2D eigenvalue weighted by molar-refractivity contribution is 6.34. The lowest BCUT2D eigenvalue weighted by Gasteiger charge is -2.19. The molecule has 1 rings (SSSR count). The zero-order chi connectivity index (χ0) is 15.7. The lowest BCUT2D eigenvalue weighted by Crippen LogP contribution is -2.45. The Morgan fingerprint density at radius 3 is 2.35 bits per heavy atom. The molecule has 1 aromatic heterocycles. The lowest BCUT2D eigenvalue weighted by molar-refractivity contribution is -0.256. The molecule has 0 aromatic carbocycles. The van der Waals surface area contributed by atoms with Crippen molar-refractivity contribution in [3.63, 3.8) is 0 Å². The van der Waals surface area contributed by atoms with Crippen molar-refractivity contribution in [1.29, 1.82) is 0 Å². The van der Waals surface area contributed by atoms with Crippen molar-refractivity contribution >= 4 is 17.4 Å². The Labute approximate surface area is 116 Å². The van der Waals surface area contributed by atoms with Gasteiger partial charge in [0.25, 0.3) is 5.78 Å². The minimum atomic E-state index is -5.98. The van der Waals surface area contributed by atoms with E-state index in [-0.39, 0.29) is 13.1 Å². The molecule has 1 heterocycles. The summed E-state index contributed by atoms with van der Waals surface area (Å²) in [5, 5.41) is 3.00. The van der Waals surface area contributed by atoms with Crippen molar-refractivity contribution in [1.82, 2.24) is 14.7 Å². The van der Waals surface area contributed by atoms with Crippen LogP contribution in [-0.2, 0) is 6.54 Å². The van der Waals surface area contributed by atoms with Crippen LogP contribution in [0.5, 0.6) is 0 Å². The van der Waals surface area contributed by atoms with Crippen LogP contribution < -0.4 is 0 Å². The molecule has 20 heavy (non-hydrogen) atoms. The fourth-order valence-corrected chi connectivity index (χ4v) is 1.56. The van der Waals surface area contributed by atoms with Crippen molar-refractivity contribution in [2.24, 2.45) is 0 Å². The second-order valence-electron chi connectivity index (χ2n) is 4.27. The SMILES string of the molecule is CN(C)CCn1ncc(Cl)c1C(=O)C(F)(F)C(F)(F)F. The summed E-state index contributed by atoms with van der Waals surface area (Å²) >= 11 is 5.49. The first kappa shape index (κ1) is 16.8. The Kier molecular flexibility index (Phi) is 4.75. The summed E-state index contributed by atoms with van der Waals surface area (Å²) in [6, 6.07) is 0. The highest BCUT2D eigenvalue weighted by atomic mass is 35.5. The number of Topliss-reactive ketones (excluding diaryl/α,β-unsaturated/α-hetero) is 1. The molecule has 0 radical (unpaired) electrons. The summed E-state index contributed by atoms with van der Waals surface area (Å²) in [6.07, 6.45) is -5.12. The van der Waals surface area contributed by atoms with E-state index in [1.165, 1.54) is 0 Å². The van der Waals surface area contributed by atoms with Crippen molar-refractivity contribution in [3.8, 4) is 0 Å². The van der Waals surface area contributed by atoms with Crippen LogP contribution in [0.2, 0.25) is 5.02 Å². The molecule has 0 saturated carbocycles. The van der Waals surface area contributed by atoms with Gasteiger partial charge < -0.3 is 4.90 Å². The van der Waals surface area contributed by atoms with Gasteiger partial charge in [0.2, 0.25) is 0 Å². The number of halogens is 6. The van der Waals surface area contributed by atoms with E-state index in [4.69, 9.17) is 11.6 Å². The number of ketones is 1. The van der Waals surface area contributed by atoms with E-state index in [2.05, 4.69) is 5.10 Å². The fraction of sp³-hybridized carbons (Fsp3) is 0.600. The quantitative estimate of drug-likeness (QED) is 0.618. The topological polar surface area (TPSA) is 38.1 Å². The lowest BCUT2D eigenvalue weighted by atomic mass is 10.1. The van der Waals surface area contributed by atoms with E-state index in [0.29, 0.717) is 0 Å². The maximum atomic E-state index is 13.1. The van der Waals surface area contributed by atoms with Gasteiger partial charge in [-0.15, -0.1) is 0 Å². The van der Waals surface area contributed by atoms with Gasteiger partial charge >= 0.3 is 12.1 Å². The molecule has 0 N–H and O–H groups in total. The molecule has 0 fully saturated rings. The molecule has 10 heteroatoms. The Hall–Kier alpha value is -1.22. The third-order valence-corrected chi connectivity index (χ3v) is 2.69. The molecule has 0 bridgehead atoms. The van der Waals surface area contributed by atoms with Crippen molar-refractivity contribution in [2.45, 2.75) is 18.6 Å². The van der Waals surface area contributed by atoms with Gasteiger partial charge in [-0.25, -0.2) is 0 Å². The Morgan fingerprint density at radius 2 is 1.90 bits per heavy atom. The van der Waals surface area contributed by atoms with E-state index in [1.54, 1.807) is 19.0 Å². The van der Waals surface area contributed by atoms with Crippen LogP contribution in [0.15, 0.2) is 6.20 Å². The zero-order valence-electron chi connectivity index (χ0n) is 10.5. The first-order valence-electron chi connectivity index (χ1n) is 5.34. The van der Waals surface area contributed by atoms with E-state index >= 15 is 0 Å². The predicted octanol–water partition coefficient (Wildman–Crippen LogP) is 2.48. The molecule has 0 amide bonds. The number of alkyl halides is 5. The van der Waals surface area contributed by atoms with Crippen LogP contribution in [0.3, 0.4) is 0 Å². The number of rotatable bonds is 5. The monoisotopic (exact) mass is 319 g/mol. The number of carbonyl (C=O) groups is 1. The summed E-state index contributed by atoms with van der Waals surface area (Å²) in [6.45, 7) is 0.241. The average Bonchev–Trinajstić information content (AvgIpc) is 2.65. The number of hydrogen-bond donors (Lipinski definition) is 0. The summed E-state index contributed by atoms with van der Waals surface area (Å²) in [4.78, 5) is 13.1. The van der Waals surface area contributed by atoms with Crippen molar-refractivity contribution < 1.29 is 26.7 Å². The molecule has 0 saturated heterocycles. The first-order chi connectivity index (χ1) is 8.98. The Balaban J connectivity index is 3.13. The minimum absolute atomic E-state index is 0.0469. The number of nitrogens with zero attached hydrogens (tertiary/aromatic N) is 3. The molecule has 0 atom stereocenters. The molecule has 1 aromatic rings. The number of likely N-dealkylation sites (N-methyl/N-ethyl adjacent to an activating group) is 1. The maximum absolute atomic E-state index is 13.1. The van der Waals surface area contributed by atoms with Gasteiger partial charge in [0.15, 0.2) is 0 Å². The van der Waals surface area contributed by atoms with Crippen LogP contribution in [-0.4, -0.2) is 53.2 Å². The van der Waals surface area contributed by atoms with Crippen LogP contribution in [0.25, 0.3) is 0 Å². The minimum Gasteiger partial charge on any atom is -0.308 e. The summed E-state index contributed by atoms with van der Waals surface area (Å²) < 4.78 is 63.5. The third kappa shape index (κ3) is 3.26. The van der Waals surface area contributed by atoms with Crippen molar-refractivity contribution in [2.75, 3.05) is 20.6 Å². The van der Waals surface area contributed by atoms with E-state index in [9.17, 15) is 26.7 Å². The van der Waals surface area contributed by atoms with E-state index in [0.717, 1.165) is 10.9 Å². The smallest absolute Gasteiger partial charge is 0.308 e. The molecule has 0 spiro atoms. The Bertz CT molecular complexity index is 498. The Morgan fingerprint density at radius 1 is 1.35 bits per heavy atom. The molecule has 114 valence electrons. The average molecular weight is 320 g/mol. The highest BCUT2D eigenvalue weighted by Crippen LogP contribution is 2.39. The van der Waals surface area contributed by atoms with Crippen molar-refractivity contribution in [3.05, 3.63) is 16.9 Å². The molecule has 0 aliphatic heterocycles. The van der Waals surface area contributed by atoms with Gasteiger partial charge in [-0.05, 0) is 14.1 Å². The summed E-state index contributed by atoms with van der Waals surface area (Å²) in [5.41, 5.74) is -0.948. The fourth-order valence-electron chi connectivity index (χ4n) is 1.33. The van der Waals surface area contributed by atoms with Gasteiger partial charge in [-0.3, -0.25) is 9.48 Å². The largest absolute Gasteiger partial charge is 0.461 e. The molecule has 0 aliphatic carbocycles. The molecular formula is C10H11ClF5N3O. The molecule has 0 unspecified atom stereocenters. The van der Waals surface area contributed by atoms with Gasteiger partial charge in [0.05, 0.1) is 17.8 Å². The number of aromatic nitrogens is 2. The first-order valence-corrected chi connectivity index (χ1v) is 5.71. The van der Waals surface area contributed by atoms with Crippen LogP contribution in [0, 0.1) is 0 Å². The van der Waals surface area contributed by atoms with E-state index in [1.807, 2.05) is 0 Å². The summed E-state index contributed by atoms with van der Waals surface area (Å²) in [5.74, 6) is -7.92. The highest BCUT2D eigenvalue weighted by Gasteiger charge is 2.64. The van der Waals surface area contributed by atoms with Gasteiger partial charge in [-0.1, -0.05) is 11.6 Å². The van der Waals surface area contributed by atoms with E-state index < -0.39 is 28.6 Å². The van der Waals surface area contributed by atoms with Gasteiger partial charge in [-0.2, -0.15) is 27.1 Å². The summed E-state index contributed by atoms with van der Waals surface area (Å²) in [7, 11) is 3.33. The standard InChI is InChI=1S/C10H11ClF5N3O/c1-18(2)3-4-19-7(6(11)5-17-19)8(20)9(12,13)10(14,15)16/h5H,3-4H2,1-2H3. The van der Waals surface area contributed by atoms with Gasteiger partial charge in [0.1, 0.15) is 5.69 Å². The van der Waals surface area contributed by atoms with Crippen LogP contribution >= 0.6 is 11.6 Å². The number of carbonyl (C=O) groups excluding carboxylic acids is 1. The predicted molar refractivity (Wildman–Crippen MR) is 61.1 cm³/mol.